The van der Waals surface area contributed by atoms with Gasteiger partial charge in [0, 0.05) is 37.8 Å². The molecule has 9 heteroatoms. The van der Waals surface area contributed by atoms with Crippen molar-refractivity contribution < 1.29 is 27.9 Å². The van der Waals surface area contributed by atoms with Gasteiger partial charge in [0.2, 0.25) is 11.8 Å². The third-order valence-corrected chi connectivity index (χ3v) is 5.65. The number of carbonyl (C=O) groups is 3. The molecule has 4 rings (SSSR count). The average Bonchev–Trinajstić information content (AvgIpc) is 2.92. The van der Waals surface area contributed by atoms with E-state index in [1.807, 2.05) is 11.0 Å². The Hall–Kier alpha value is -3.33. The number of cyclic esters (lactones) is 1. The van der Waals surface area contributed by atoms with Gasteiger partial charge in [-0.05, 0) is 24.6 Å². The summed E-state index contributed by atoms with van der Waals surface area (Å²) >= 11 is 0. The Labute approximate surface area is 183 Å². The number of halogens is 2. The van der Waals surface area contributed by atoms with Gasteiger partial charge >= 0.3 is 5.97 Å². The third-order valence-electron chi connectivity index (χ3n) is 5.65. The number of benzene rings is 2. The van der Waals surface area contributed by atoms with E-state index in [0.29, 0.717) is 44.2 Å². The second kappa shape index (κ2) is 9.44. The molecule has 2 aliphatic rings. The van der Waals surface area contributed by atoms with Gasteiger partial charge in [0.25, 0.3) is 0 Å². The molecule has 0 aromatic heterocycles. The molecule has 2 aromatic carbocycles. The van der Waals surface area contributed by atoms with E-state index in [1.54, 1.807) is 23.1 Å². The van der Waals surface area contributed by atoms with Crippen molar-refractivity contribution in [3.63, 3.8) is 0 Å². The maximum atomic E-state index is 13.7. The van der Waals surface area contributed by atoms with Crippen LogP contribution in [0, 0.1) is 11.6 Å². The van der Waals surface area contributed by atoms with Crippen LogP contribution in [-0.2, 0) is 14.3 Å². The second-order valence-electron chi connectivity index (χ2n) is 7.87. The van der Waals surface area contributed by atoms with Crippen LogP contribution in [-0.4, -0.2) is 60.3 Å². The summed E-state index contributed by atoms with van der Waals surface area (Å²) in [5, 5.41) is 2.45. The summed E-state index contributed by atoms with van der Waals surface area (Å²) in [5.74, 6) is -2.48. The van der Waals surface area contributed by atoms with Crippen LogP contribution >= 0.6 is 0 Å². The van der Waals surface area contributed by atoms with E-state index in [0.717, 1.165) is 11.6 Å². The fourth-order valence-corrected chi connectivity index (χ4v) is 4.02. The van der Waals surface area contributed by atoms with Crippen molar-refractivity contribution in [2.24, 2.45) is 0 Å². The van der Waals surface area contributed by atoms with E-state index >= 15 is 0 Å². The zero-order valence-corrected chi connectivity index (χ0v) is 17.4. The molecule has 0 aliphatic carbocycles. The summed E-state index contributed by atoms with van der Waals surface area (Å²) < 4.78 is 32.1. The smallest absolute Gasteiger partial charge is 0.339 e. The lowest BCUT2D eigenvalue weighted by atomic mass is 10.0. The van der Waals surface area contributed by atoms with Crippen LogP contribution in [0.25, 0.3) is 0 Å². The molecule has 1 saturated heterocycles. The van der Waals surface area contributed by atoms with Crippen molar-refractivity contribution in [3.8, 4) is 0 Å². The molecule has 0 bridgehead atoms. The molecule has 1 unspecified atom stereocenters. The molecule has 1 N–H and O–H groups in total. The van der Waals surface area contributed by atoms with Gasteiger partial charge in [0.15, 0.2) is 0 Å². The van der Waals surface area contributed by atoms with Gasteiger partial charge in [-0.3, -0.25) is 14.5 Å². The molecule has 2 aromatic rings. The topological polar surface area (TPSA) is 79.0 Å². The quantitative estimate of drug-likeness (QED) is 0.719. The first-order chi connectivity index (χ1) is 15.4. The molecule has 32 heavy (non-hydrogen) atoms. The van der Waals surface area contributed by atoms with Crippen molar-refractivity contribution in [2.75, 3.05) is 38.0 Å². The van der Waals surface area contributed by atoms with Crippen molar-refractivity contribution >= 4 is 23.5 Å². The second-order valence-corrected chi connectivity index (χ2v) is 7.87. The van der Waals surface area contributed by atoms with Crippen LogP contribution in [0.15, 0.2) is 42.5 Å². The minimum absolute atomic E-state index is 0.0342. The number of esters is 1. The van der Waals surface area contributed by atoms with Gasteiger partial charge in [0.05, 0.1) is 24.2 Å². The van der Waals surface area contributed by atoms with Crippen molar-refractivity contribution in [3.05, 3.63) is 65.2 Å². The van der Waals surface area contributed by atoms with Crippen LogP contribution in [0.3, 0.4) is 0 Å². The molecule has 0 saturated carbocycles. The van der Waals surface area contributed by atoms with E-state index in [-0.39, 0.29) is 24.6 Å². The normalized spacial score (nSPS) is 18.6. The number of fused-ring (bicyclic) bond motifs is 1. The molecule has 1 fully saturated rings. The van der Waals surface area contributed by atoms with Gasteiger partial charge in [-0.1, -0.05) is 18.2 Å². The van der Waals surface area contributed by atoms with Crippen molar-refractivity contribution in [2.45, 2.75) is 18.9 Å². The van der Waals surface area contributed by atoms with Gasteiger partial charge < -0.3 is 15.0 Å². The SMILES string of the molecule is O=C(CN1CCCN(C(=O)CC2OC(=O)c3ccccc32)CC1)Nc1ccc(F)cc1F. The molecule has 2 aliphatic heterocycles. The number of hydrogen-bond donors (Lipinski definition) is 1. The Bertz CT molecular complexity index is 1050. The minimum atomic E-state index is -0.833. The Morgan fingerprint density at radius 1 is 1.06 bits per heavy atom. The monoisotopic (exact) mass is 443 g/mol. The predicted molar refractivity (Wildman–Crippen MR) is 112 cm³/mol. The number of ether oxygens (including phenoxy) is 1. The summed E-state index contributed by atoms with van der Waals surface area (Å²) in [6.07, 6.45) is 0.167. The Morgan fingerprint density at radius 2 is 1.88 bits per heavy atom. The third kappa shape index (κ3) is 4.94. The van der Waals surface area contributed by atoms with E-state index < -0.39 is 29.6 Å². The Balaban J connectivity index is 1.29. The number of nitrogens with zero attached hydrogens (tertiary/aromatic N) is 2. The highest BCUT2D eigenvalue weighted by molar-refractivity contribution is 5.95. The number of nitrogens with one attached hydrogen (secondary N) is 1. The summed E-state index contributed by atoms with van der Waals surface area (Å²) in [4.78, 5) is 40.7. The lowest BCUT2D eigenvalue weighted by Gasteiger charge is -2.23. The van der Waals surface area contributed by atoms with Gasteiger partial charge in [0.1, 0.15) is 17.7 Å². The highest BCUT2D eigenvalue weighted by atomic mass is 19.1. The molecule has 1 atom stereocenters. The molecule has 7 nitrogen and oxygen atoms in total. The lowest BCUT2D eigenvalue weighted by molar-refractivity contribution is -0.133. The number of hydrogen-bond acceptors (Lipinski definition) is 5. The van der Waals surface area contributed by atoms with Gasteiger partial charge in [-0.25, -0.2) is 13.6 Å². The highest BCUT2D eigenvalue weighted by Gasteiger charge is 2.33. The summed E-state index contributed by atoms with van der Waals surface area (Å²) in [6, 6.07) is 10.0. The zero-order chi connectivity index (χ0) is 22.7. The Morgan fingerprint density at radius 3 is 2.69 bits per heavy atom. The molecule has 2 heterocycles. The molecule has 168 valence electrons. The summed E-state index contributed by atoms with van der Waals surface area (Å²) in [6.45, 7) is 2.08. The van der Waals surface area contributed by atoms with E-state index in [2.05, 4.69) is 5.32 Å². The highest BCUT2D eigenvalue weighted by Crippen LogP contribution is 2.33. The minimum Gasteiger partial charge on any atom is -0.453 e. The molecule has 0 spiro atoms. The van der Waals surface area contributed by atoms with E-state index in [1.165, 1.54) is 6.07 Å². The van der Waals surface area contributed by atoms with Gasteiger partial charge in [-0.15, -0.1) is 0 Å². The maximum Gasteiger partial charge on any atom is 0.339 e. The Kier molecular flexibility index (Phi) is 6.45. The average molecular weight is 443 g/mol. The van der Waals surface area contributed by atoms with Crippen LogP contribution < -0.4 is 5.32 Å². The largest absolute Gasteiger partial charge is 0.453 e. The summed E-state index contributed by atoms with van der Waals surface area (Å²) in [7, 11) is 0. The first kappa shape index (κ1) is 21.9. The molecule has 2 amide bonds. The van der Waals surface area contributed by atoms with Crippen molar-refractivity contribution in [1.29, 1.82) is 0 Å². The number of rotatable bonds is 5. The van der Waals surface area contributed by atoms with Crippen LogP contribution in [0.4, 0.5) is 14.5 Å². The van der Waals surface area contributed by atoms with E-state index in [4.69, 9.17) is 4.74 Å². The van der Waals surface area contributed by atoms with Crippen LogP contribution in [0.5, 0.6) is 0 Å². The maximum absolute atomic E-state index is 13.7. The summed E-state index contributed by atoms with van der Waals surface area (Å²) in [5.41, 5.74) is 1.15. The van der Waals surface area contributed by atoms with Crippen LogP contribution in [0.1, 0.15) is 34.9 Å². The van der Waals surface area contributed by atoms with Crippen molar-refractivity contribution in [1.82, 2.24) is 9.80 Å². The van der Waals surface area contributed by atoms with E-state index in [9.17, 15) is 23.2 Å². The van der Waals surface area contributed by atoms with Gasteiger partial charge in [-0.2, -0.15) is 0 Å². The molecule has 0 radical (unpaired) electrons. The fourth-order valence-electron chi connectivity index (χ4n) is 4.02. The standard InChI is InChI=1S/C23H23F2N3O4/c24-15-6-7-19(18(25)12-15)26-21(29)14-27-8-3-9-28(11-10-27)22(30)13-20-16-4-1-2-5-17(16)23(31)32-20/h1-2,4-7,12,20H,3,8-11,13-14H2,(H,26,29). The first-order valence-electron chi connectivity index (χ1n) is 10.5. The first-order valence-corrected chi connectivity index (χ1v) is 10.5. The molecular formula is C23H23F2N3O4. The number of anilines is 1. The fraction of sp³-hybridized carbons (Fsp3) is 0.348. The molecular weight excluding hydrogens is 420 g/mol. The lowest BCUT2D eigenvalue weighted by Crippen LogP contribution is -2.38. The number of amides is 2. The zero-order valence-electron chi connectivity index (χ0n) is 17.4. The predicted octanol–water partition coefficient (Wildman–Crippen LogP) is 2.74. The van der Waals surface area contributed by atoms with Crippen LogP contribution in [0.2, 0.25) is 0 Å². The number of carbonyl (C=O) groups excluding carboxylic acids is 3.